The lowest BCUT2D eigenvalue weighted by Crippen LogP contribution is -1.89. The number of aromatic nitrogens is 4. The maximum atomic E-state index is 5.95. The normalized spacial score (nSPS) is 10.8. The second-order valence-corrected chi connectivity index (χ2v) is 6.55. The molecule has 0 saturated carbocycles. The minimum absolute atomic E-state index is 0.493. The number of nitrogens with zero attached hydrogens (tertiary/aromatic N) is 4. The molecule has 22 heavy (non-hydrogen) atoms. The summed E-state index contributed by atoms with van der Waals surface area (Å²) in [6, 6.07) is 7.74. The molecule has 6 nitrogen and oxygen atoms in total. The van der Waals surface area contributed by atoms with Crippen molar-refractivity contribution in [2.45, 2.75) is 17.4 Å². The summed E-state index contributed by atoms with van der Waals surface area (Å²) in [7, 11) is 1.64. The van der Waals surface area contributed by atoms with Gasteiger partial charge in [-0.25, -0.2) is 0 Å². The lowest BCUT2D eigenvalue weighted by Gasteiger charge is -2.00. The molecule has 114 valence electrons. The van der Waals surface area contributed by atoms with E-state index >= 15 is 0 Å². The van der Waals surface area contributed by atoms with Gasteiger partial charge in [-0.2, -0.15) is 0 Å². The molecule has 0 amide bonds. The molecule has 2 heterocycles. The molecule has 0 bridgehead atoms. The summed E-state index contributed by atoms with van der Waals surface area (Å²) >= 11 is 8.50. The van der Waals surface area contributed by atoms with E-state index in [1.807, 2.05) is 24.3 Å². The first kappa shape index (κ1) is 15.3. The second-order valence-electron chi connectivity index (χ2n) is 4.27. The number of rotatable bonds is 6. The van der Waals surface area contributed by atoms with E-state index in [-0.39, 0.29) is 0 Å². The average Bonchev–Trinajstić information content (AvgIpc) is 3.15. The van der Waals surface area contributed by atoms with Crippen LogP contribution in [-0.4, -0.2) is 26.9 Å². The minimum Gasteiger partial charge on any atom is -0.497 e. The van der Waals surface area contributed by atoms with Crippen molar-refractivity contribution >= 4 is 34.9 Å². The van der Waals surface area contributed by atoms with Crippen molar-refractivity contribution in [1.29, 1.82) is 0 Å². The van der Waals surface area contributed by atoms with Gasteiger partial charge < -0.3 is 9.15 Å². The second kappa shape index (κ2) is 7.08. The first-order valence-electron chi connectivity index (χ1n) is 6.29. The monoisotopic (exact) mass is 354 g/mol. The van der Waals surface area contributed by atoms with Crippen LogP contribution in [0.15, 0.2) is 33.9 Å². The first-order valence-corrected chi connectivity index (χ1v) is 8.43. The Bertz CT molecular complexity index is 745. The minimum atomic E-state index is 0.493. The number of hydrogen-bond acceptors (Lipinski definition) is 8. The zero-order valence-corrected chi connectivity index (χ0v) is 13.9. The number of halogens is 1. The molecular weight excluding hydrogens is 344 g/mol. The molecule has 0 radical (unpaired) electrons. The van der Waals surface area contributed by atoms with E-state index in [0.29, 0.717) is 27.6 Å². The summed E-state index contributed by atoms with van der Waals surface area (Å²) in [4.78, 5) is 0. The van der Waals surface area contributed by atoms with Crippen LogP contribution in [0.3, 0.4) is 0 Å². The molecule has 0 N–H and O–H groups in total. The van der Waals surface area contributed by atoms with Crippen LogP contribution in [0.25, 0.3) is 0 Å². The Morgan fingerprint density at radius 2 is 2.05 bits per heavy atom. The van der Waals surface area contributed by atoms with Gasteiger partial charge in [-0.1, -0.05) is 40.0 Å². The molecule has 0 fully saturated rings. The van der Waals surface area contributed by atoms with Crippen molar-refractivity contribution in [3.05, 3.63) is 45.7 Å². The van der Waals surface area contributed by atoms with Crippen LogP contribution in [0.2, 0.25) is 4.34 Å². The van der Waals surface area contributed by atoms with Gasteiger partial charge in [0.05, 0.1) is 13.5 Å². The highest BCUT2D eigenvalue weighted by atomic mass is 35.5. The van der Waals surface area contributed by atoms with E-state index in [4.69, 9.17) is 20.8 Å². The van der Waals surface area contributed by atoms with Gasteiger partial charge in [0.25, 0.3) is 5.22 Å². The largest absolute Gasteiger partial charge is 0.497 e. The molecule has 0 aliphatic carbocycles. The fourth-order valence-corrected chi connectivity index (χ4v) is 3.21. The van der Waals surface area contributed by atoms with Crippen LogP contribution in [0, 0.1) is 0 Å². The number of ether oxygens (including phenoxy) is 1. The zero-order valence-electron chi connectivity index (χ0n) is 11.5. The maximum Gasteiger partial charge on any atom is 0.276 e. The molecular formula is C13H11ClN4O2S2. The number of benzene rings is 1. The molecule has 9 heteroatoms. The number of thioether (sulfide) groups is 1. The van der Waals surface area contributed by atoms with Crippen LogP contribution in [-0.2, 0) is 12.2 Å². The van der Waals surface area contributed by atoms with E-state index in [9.17, 15) is 0 Å². The first-order chi connectivity index (χ1) is 10.7. The molecule has 0 aliphatic rings. The van der Waals surface area contributed by atoms with Crippen LogP contribution in [0.1, 0.15) is 17.1 Å². The van der Waals surface area contributed by atoms with Crippen molar-refractivity contribution < 1.29 is 9.15 Å². The fourth-order valence-electron chi connectivity index (χ4n) is 1.70. The molecule has 0 unspecified atom stereocenters. The highest BCUT2D eigenvalue weighted by Crippen LogP contribution is 2.26. The molecule has 2 aromatic heterocycles. The summed E-state index contributed by atoms with van der Waals surface area (Å²) < 4.78 is 15.1. The van der Waals surface area contributed by atoms with E-state index in [2.05, 4.69) is 19.8 Å². The third-order valence-electron chi connectivity index (χ3n) is 2.80. The van der Waals surface area contributed by atoms with Gasteiger partial charge in [-0.3, -0.25) is 0 Å². The molecule has 1 aromatic carbocycles. The van der Waals surface area contributed by atoms with Crippen molar-refractivity contribution in [3.63, 3.8) is 0 Å². The van der Waals surface area contributed by atoms with E-state index in [1.165, 1.54) is 11.8 Å². The van der Waals surface area contributed by atoms with Gasteiger partial charge in [-0.05, 0) is 17.7 Å². The van der Waals surface area contributed by atoms with E-state index in [0.717, 1.165) is 28.5 Å². The highest BCUT2D eigenvalue weighted by Gasteiger charge is 2.11. The van der Waals surface area contributed by atoms with Gasteiger partial charge in [-0.15, -0.1) is 15.3 Å². The Morgan fingerprint density at radius 1 is 1.23 bits per heavy atom. The Morgan fingerprint density at radius 3 is 2.73 bits per heavy atom. The fraction of sp³-hybridized carbons (Fsp3) is 0.231. The maximum absolute atomic E-state index is 5.95. The summed E-state index contributed by atoms with van der Waals surface area (Å²) in [5, 5.41) is 12.5. The summed E-state index contributed by atoms with van der Waals surface area (Å²) in [5.41, 5.74) is 1.80. The van der Waals surface area contributed by atoms with Gasteiger partial charge in [0.1, 0.15) is 15.8 Å². The van der Waals surface area contributed by atoms with Crippen LogP contribution in [0.4, 0.5) is 0 Å². The lowest BCUT2D eigenvalue weighted by atomic mass is 10.1. The Kier molecular flexibility index (Phi) is 4.91. The average molecular weight is 355 g/mol. The quantitative estimate of drug-likeness (QED) is 0.627. The Balaban J connectivity index is 1.59. The van der Waals surface area contributed by atoms with Gasteiger partial charge in [0.15, 0.2) is 0 Å². The number of hydrogen-bond donors (Lipinski definition) is 0. The van der Waals surface area contributed by atoms with Crippen molar-refractivity contribution in [2.24, 2.45) is 0 Å². The van der Waals surface area contributed by atoms with Crippen molar-refractivity contribution in [1.82, 2.24) is 19.8 Å². The molecule has 3 rings (SSSR count). The standard InChI is InChI=1S/C13H11ClN4O2S2/c1-19-9-4-2-8(3-5-9)6-11-16-17-13(20-11)21-7-10-12(14)22-18-15-10/h2-5H,6-7H2,1H3. The third kappa shape index (κ3) is 3.76. The molecule has 0 atom stereocenters. The molecule has 0 saturated heterocycles. The van der Waals surface area contributed by atoms with Crippen molar-refractivity contribution in [3.8, 4) is 5.75 Å². The topological polar surface area (TPSA) is 73.9 Å². The van der Waals surface area contributed by atoms with Crippen molar-refractivity contribution in [2.75, 3.05) is 7.11 Å². The van der Waals surface area contributed by atoms with Crippen LogP contribution in [0.5, 0.6) is 5.75 Å². The SMILES string of the molecule is COc1ccc(Cc2nnc(SCc3nnsc3Cl)o2)cc1. The van der Waals surface area contributed by atoms with E-state index < -0.39 is 0 Å². The zero-order chi connectivity index (χ0) is 15.4. The predicted molar refractivity (Wildman–Crippen MR) is 84.6 cm³/mol. The van der Waals surface area contributed by atoms with Crippen LogP contribution < -0.4 is 4.74 Å². The Labute approximate surface area is 140 Å². The van der Waals surface area contributed by atoms with Gasteiger partial charge in [0.2, 0.25) is 5.89 Å². The molecule has 0 aliphatic heterocycles. The van der Waals surface area contributed by atoms with Gasteiger partial charge in [0, 0.05) is 17.3 Å². The van der Waals surface area contributed by atoms with Gasteiger partial charge >= 0.3 is 0 Å². The smallest absolute Gasteiger partial charge is 0.276 e. The third-order valence-corrected chi connectivity index (χ3v) is 4.62. The van der Waals surface area contributed by atoms with E-state index in [1.54, 1.807) is 7.11 Å². The molecule has 0 spiro atoms. The summed E-state index contributed by atoms with van der Waals surface area (Å²) in [6.07, 6.45) is 0.580. The number of methoxy groups -OCH3 is 1. The summed E-state index contributed by atoms with van der Waals surface area (Å²) in [5.74, 6) is 1.94. The lowest BCUT2D eigenvalue weighted by molar-refractivity contribution is 0.413. The highest BCUT2D eigenvalue weighted by molar-refractivity contribution is 7.98. The molecule has 3 aromatic rings. The summed E-state index contributed by atoms with van der Waals surface area (Å²) in [6.45, 7) is 0. The predicted octanol–water partition coefficient (Wildman–Crippen LogP) is 3.47. The Hall–Kier alpha value is -1.64. The van der Waals surface area contributed by atoms with Crippen LogP contribution >= 0.6 is 34.9 Å².